The molecule has 4 heteroatoms. The van der Waals surface area contributed by atoms with E-state index in [1.807, 2.05) is 0 Å². The van der Waals surface area contributed by atoms with Gasteiger partial charge in [0.25, 0.3) is 0 Å². The van der Waals surface area contributed by atoms with Crippen molar-refractivity contribution in [2.24, 2.45) is 0 Å². The van der Waals surface area contributed by atoms with Crippen molar-refractivity contribution in [3.05, 3.63) is 49.4 Å². The molecule has 0 aromatic carbocycles. The molecule has 0 saturated heterocycles. The third-order valence-corrected chi connectivity index (χ3v) is 1.64. The van der Waals surface area contributed by atoms with E-state index in [1.54, 1.807) is 12.1 Å². The lowest BCUT2D eigenvalue weighted by molar-refractivity contribution is 0.0697. The normalized spacial score (nSPS) is 9.07. The highest BCUT2D eigenvalue weighted by atomic mass is 16.4. The molecule has 2 heterocycles. The highest BCUT2D eigenvalue weighted by molar-refractivity contribution is 5.93. The van der Waals surface area contributed by atoms with E-state index in [-0.39, 0.29) is 11.3 Å². The van der Waals surface area contributed by atoms with Crippen LogP contribution >= 0.6 is 0 Å². The van der Waals surface area contributed by atoms with Crippen molar-refractivity contribution >= 4 is 5.97 Å². The number of hydrogen-bond acceptors (Lipinski definition) is 3. The maximum Gasteiger partial charge on any atom is 0.339 e. The molecule has 0 atom stereocenters. The molecule has 0 spiro atoms. The van der Waals surface area contributed by atoms with Crippen molar-refractivity contribution in [1.82, 2.24) is 0 Å². The largest absolute Gasteiger partial charge is 0.478 e. The number of carboxylic acids is 1. The van der Waals surface area contributed by atoms with Crippen LogP contribution in [0.2, 0.25) is 0 Å². The van der Waals surface area contributed by atoms with Gasteiger partial charge in [-0.25, -0.2) is 4.79 Å². The third-order valence-electron chi connectivity index (χ3n) is 1.64. The first kappa shape index (κ1) is 10.8. The van der Waals surface area contributed by atoms with Crippen LogP contribution in [0.15, 0.2) is 52.7 Å². The molecule has 0 fully saturated rings. The van der Waals surface area contributed by atoms with E-state index in [9.17, 15) is 4.79 Å². The highest BCUT2D eigenvalue weighted by Gasteiger charge is 2.16. The third kappa shape index (κ3) is 2.17. The van der Waals surface area contributed by atoms with Crippen molar-refractivity contribution in [1.29, 1.82) is 0 Å². The minimum atomic E-state index is -1.03. The Hall–Kier alpha value is -2.23. The van der Waals surface area contributed by atoms with Gasteiger partial charge in [0, 0.05) is 0 Å². The zero-order valence-electron chi connectivity index (χ0n) is 7.97. The summed E-state index contributed by atoms with van der Waals surface area (Å²) in [5.74, 6) is -0.361. The van der Waals surface area contributed by atoms with Crippen molar-refractivity contribution in [3.63, 3.8) is 0 Å². The molecule has 78 valence electrons. The maximum atomic E-state index is 10.7. The summed E-state index contributed by atoms with van der Waals surface area (Å²) in [4.78, 5) is 10.7. The second kappa shape index (κ2) is 4.85. The van der Waals surface area contributed by atoms with Crippen LogP contribution in [0, 0.1) is 0 Å². The molecule has 0 radical (unpaired) electrons. The lowest BCUT2D eigenvalue weighted by Gasteiger charge is -1.92. The smallest absolute Gasteiger partial charge is 0.339 e. The van der Waals surface area contributed by atoms with Crippen molar-refractivity contribution in [2.45, 2.75) is 0 Å². The molecular weight excluding hydrogens is 196 g/mol. The number of aromatic carboxylic acids is 1. The second-order valence-electron chi connectivity index (χ2n) is 2.45. The number of furan rings is 2. The van der Waals surface area contributed by atoms with Gasteiger partial charge in [0.05, 0.1) is 12.5 Å². The van der Waals surface area contributed by atoms with Crippen LogP contribution < -0.4 is 0 Å². The van der Waals surface area contributed by atoms with Gasteiger partial charge in [0.15, 0.2) is 11.5 Å². The molecular formula is C11H10O4. The van der Waals surface area contributed by atoms with Crippen LogP contribution in [-0.4, -0.2) is 11.1 Å². The Morgan fingerprint density at radius 3 is 2.47 bits per heavy atom. The van der Waals surface area contributed by atoms with Gasteiger partial charge in [-0.1, -0.05) is 0 Å². The molecule has 2 rings (SSSR count). The van der Waals surface area contributed by atoms with Crippen LogP contribution in [0.1, 0.15) is 10.4 Å². The van der Waals surface area contributed by atoms with Crippen LogP contribution in [0.4, 0.5) is 0 Å². The van der Waals surface area contributed by atoms with Crippen molar-refractivity contribution in [2.75, 3.05) is 0 Å². The first-order chi connectivity index (χ1) is 7.29. The predicted octanol–water partition coefficient (Wildman–Crippen LogP) is 3.04. The van der Waals surface area contributed by atoms with Gasteiger partial charge in [-0.15, -0.1) is 13.2 Å². The van der Waals surface area contributed by atoms with Gasteiger partial charge in [0.2, 0.25) is 0 Å². The number of carbonyl (C=O) groups is 1. The fraction of sp³-hybridized carbons (Fsp3) is 0. The average molecular weight is 206 g/mol. The van der Waals surface area contributed by atoms with Gasteiger partial charge in [0.1, 0.15) is 5.56 Å². The van der Waals surface area contributed by atoms with Crippen LogP contribution in [0.5, 0.6) is 0 Å². The number of hydrogen-bond donors (Lipinski definition) is 1. The SMILES string of the molecule is C=C.O=C(O)c1ccoc1-c1ccco1. The van der Waals surface area contributed by atoms with Crippen molar-refractivity contribution in [3.8, 4) is 11.5 Å². The average Bonchev–Trinajstić information content (AvgIpc) is 2.91. The van der Waals surface area contributed by atoms with Gasteiger partial charge in [-0.3, -0.25) is 0 Å². The number of rotatable bonds is 2. The van der Waals surface area contributed by atoms with Crippen LogP contribution in [0.3, 0.4) is 0 Å². The standard InChI is InChI=1S/C9H6O4.C2H4/c10-9(11)6-3-5-13-8(6)7-2-1-4-12-7;1-2/h1-5H,(H,10,11);1-2H2. The molecule has 0 bridgehead atoms. The van der Waals surface area contributed by atoms with Gasteiger partial charge >= 0.3 is 5.97 Å². The van der Waals surface area contributed by atoms with E-state index in [1.165, 1.54) is 18.6 Å². The minimum absolute atomic E-state index is 0.106. The molecule has 0 aliphatic carbocycles. The topological polar surface area (TPSA) is 63.6 Å². The monoisotopic (exact) mass is 206 g/mol. The van der Waals surface area contributed by atoms with E-state index in [4.69, 9.17) is 13.9 Å². The summed E-state index contributed by atoms with van der Waals surface area (Å²) in [6.07, 6.45) is 2.78. The summed E-state index contributed by atoms with van der Waals surface area (Å²) >= 11 is 0. The molecule has 0 aliphatic rings. The Morgan fingerprint density at radius 2 is 1.93 bits per heavy atom. The van der Waals surface area contributed by atoms with E-state index in [2.05, 4.69) is 13.2 Å². The first-order valence-electron chi connectivity index (χ1n) is 4.13. The molecule has 1 N–H and O–H groups in total. The molecule has 15 heavy (non-hydrogen) atoms. The summed E-state index contributed by atoms with van der Waals surface area (Å²) in [6.45, 7) is 6.00. The Labute approximate surface area is 86.4 Å². The summed E-state index contributed by atoms with van der Waals surface area (Å²) < 4.78 is 10.0. The summed E-state index contributed by atoms with van der Waals surface area (Å²) in [6, 6.07) is 4.70. The second-order valence-corrected chi connectivity index (χ2v) is 2.45. The Bertz CT molecular complexity index is 425. The molecule has 0 saturated carbocycles. The van der Waals surface area contributed by atoms with Crippen LogP contribution in [-0.2, 0) is 0 Å². The first-order valence-corrected chi connectivity index (χ1v) is 4.13. The molecule has 0 amide bonds. The molecule has 0 aliphatic heterocycles. The van der Waals surface area contributed by atoms with E-state index >= 15 is 0 Å². The molecule has 2 aromatic rings. The Kier molecular flexibility index (Phi) is 3.51. The fourth-order valence-electron chi connectivity index (χ4n) is 1.08. The maximum absolute atomic E-state index is 10.7. The van der Waals surface area contributed by atoms with Gasteiger partial charge in [-0.2, -0.15) is 0 Å². The molecule has 0 unspecified atom stereocenters. The Balaban J connectivity index is 0.000000531. The molecule has 4 nitrogen and oxygen atoms in total. The van der Waals surface area contributed by atoms with E-state index in [0.29, 0.717) is 5.76 Å². The fourth-order valence-corrected chi connectivity index (χ4v) is 1.08. The van der Waals surface area contributed by atoms with Gasteiger partial charge < -0.3 is 13.9 Å². The Morgan fingerprint density at radius 1 is 1.20 bits per heavy atom. The van der Waals surface area contributed by atoms with E-state index in [0.717, 1.165) is 0 Å². The van der Waals surface area contributed by atoms with Crippen LogP contribution in [0.25, 0.3) is 11.5 Å². The molecule has 2 aromatic heterocycles. The quantitative estimate of drug-likeness (QED) is 0.767. The lowest BCUT2D eigenvalue weighted by atomic mass is 10.2. The predicted molar refractivity (Wildman–Crippen MR) is 54.6 cm³/mol. The number of carboxylic acid groups (broad SMARTS) is 1. The zero-order valence-corrected chi connectivity index (χ0v) is 7.97. The van der Waals surface area contributed by atoms with Gasteiger partial charge in [-0.05, 0) is 18.2 Å². The van der Waals surface area contributed by atoms with Crippen molar-refractivity contribution < 1.29 is 18.7 Å². The zero-order chi connectivity index (χ0) is 11.3. The minimum Gasteiger partial charge on any atom is -0.478 e. The lowest BCUT2D eigenvalue weighted by Crippen LogP contribution is -1.94. The summed E-state index contributed by atoms with van der Waals surface area (Å²) in [5, 5.41) is 8.75. The van der Waals surface area contributed by atoms with E-state index < -0.39 is 5.97 Å². The highest BCUT2D eigenvalue weighted by Crippen LogP contribution is 2.24. The summed E-state index contributed by atoms with van der Waals surface area (Å²) in [5.41, 5.74) is 0.106. The summed E-state index contributed by atoms with van der Waals surface area (Å²) in [7, 11) is 0.